The monoisotopic (exact) mass is 296 g/mol. The van der Waals surface area contributed by atoms with Gasteiger partial charge in [0.25, 0.3) is 5.69 Å². The van der Waals surface area contributed by atoms with Crippen LogP contribution in [0.1, 0.15) is 6.92 Å². The van der Waals surface area contributed by atoms with Crippen molar-refractivity contribution in [3.05, 3.63) is 52.6 Å². The molecular weight excluding hydrogens is 280 g/mol. The number of aromatic nitrogens is 1. The molecule has 0 bridgehead atoms. The van der Waals surface area contributed by atoms with Crippen LogP contribution < -0.4 is 10.6 Å². The summed E-state index contributed by atoms with van der Waals surface area (Å²) in [4.78, 5) is 15.6. The molecule has 1 heterocycles. The van der Waals surface area contributed by atoms with Crippen molar-refractivity contribution in [1.29, 1.82) is 0 Å². The molecule has 2 N–H and O–H groups in total. The number of nitrogens with one attached hydrogen (secondary N) is 2. The number of nitrogens with zero attached hydrogens (tertiary/aromatic N) is 2. The number of nitro benzene ring substituents is 1. The molecule has 0 saturated heterocycles. The summed E-state index contributed by atoms with van der Waals surface area (Å²) in [6, 6.07) is 12.6. The van der Waals surface area contributed by atoms with E-state index in [1.807, 2.05) is 38.2 Å². The van der Waals surface area contributed by atoms with Crippen LogP contribution in [0, 0.1) is 10.1 Å². The second-order valence-electron chi connectivity index (χ2n) is 5.09. The van der Waals surface area contributed by atoms with Gasteiger partial charge in [-0.05, 0) is 26.1 Å². The number of para-hydroxylation sites is 1. The number of pyridine rings is 1. The third-order valence-corrected chi connectivity index (χ3v) is 3.68. The van der Waals surface area contributed by atoms with Crippen LogP contribution in [0.25, 0.3) is 21.8 Å². The van der Waals surface area contributed by atoms with E-state index in [4.69, 9.17) is 0 Å². The molecular formula is C16H16N4O2. The maximum absolute atomic E-state index is 11.4. The Morgan fingerprint density at radius 1 is 1.14 bits per heavy atom. The maximum atomic E-state index is 11.4. The molecule has 3 aromatic rings. The topological polar surface area (TPSA) is 80.1 Å². The molecule has 0 saturated carbocycles. The molecule has 0 aliphatic rings. The Labute approximate surface area is 127 Å². The van der Waals surface area contributed by atoms with Crippen molar-refractivity contribution in [3.8, 4) is 0 Å². The van der Waals surface area contributed by atoms with Gasteiger partial charge in [-0.15, -0.1) is 0 Å². The fourth-order valence-electron chi connectivity index (χ4n) is 2.52. The summed E-state index contributed by atoms with van der Waals surface area (Å²) < 4.78 is 0. The molecule has 0 aliphatic carbocycles. The molecule has 1 aromatic heterocycles. The zero-order valence-electron chi connectivity index (χ0n) is 12.3. The van der Waals surface area contributed by atoms with Crippen molar-refractivity contribution in [3.63, 3.8) is 0 Å². The van der Waals surface area contributed by atoms with Crippen LogP contribution >= 0.6 is 0 Å². The first-order valence-corrected chi connectivity index (χ1v) is 7.01. The standard InChI is InChI=1S/C16H16N4O2/c1-10(17-2)18-16-11-6-3-4-7-12(11)19-13-8-5-9-14(15(13)16)20(21)22/h3-10,17H,1-2H3,(H,18,19). The highest BCUT2D eigenvalue weighted by molar-refractivity contribution is 6.11. The Kier molecular flexibility index (Phi) is 3.60. The lowest BCUT2D eigenvalue weighted by molar-refractivity contribution is -0.383. The predicted molar refractivity (Wildman–Crippen MR) is 88.0 cm³/mol. The number of benzene rings is 2. The fourth-order valence-corrected chi connectivity index (χ4v) is 2.52. The molecule has 2 aromatic carbocycles. The molecule has 0 fully saturated rings. The molecule has 22 heavy (non-hydrogen) atoms. The minimum atomic E-state index is -0.367. The minimum Gasteiger partial charge on any atom is -0.369 e. The van der Waals surface area contributed by atoms with E-state index in [2.05, 4.69) is 15.6 Å². The number of non-ortho nitro benzene ring substituents is 1. The summed E-state index contributed by atoms with van der Waals surface area (Å²) in [7, 11) is 1.83. The van der Waals surface area contributed by atoms with Gasteiger partial charge < -0.3 is 10.6 Å². The molecule has 6 heteroatoms. The van der Waals surface area contributed by atoms with Crippen molar-refractivity contribution in [2.75, 3.05) is 12.4 Å². The smallest absolute Gasteiger partial charge is 0.280 e. The summed E-state index contributed by atoms with van der Waals surface area (Å²) in [6.07, 6.45) is -0.0335. The van der Waals surface area contributed by atoms with Crippen molar-refractivity contribution in [2.24, 2.45) is 0 Å². The Balaban J connectivity index is 2.43. The Bertz CT molecular complexity index is 863. The average molecular weight is 296 g/mol. The number of rotatable bonds is 4. The van der Waals surface area contributed by atoms with Gasteiger partial charge in [0.1, 0.15) is 5.39 Å². The van der Waals surface area contributed by atoms with Gasteiger partial charge in [0.05, 0.1) is 27.8 Å². The highest BCUT2D eigenvalue weighted by atomic mass is 16.6. The molecule has 112 valence electrons. The largest absolute Gasteiger partial charge is 0.369 e. The van der Waals surface area contributed by atoms with E-state index in [0.717, 1.165) is 16.6 Å². The first kappa shape index (κ1) is 14.2. The molecule has 0 aliphatic heterocycles. The zero-order chi connectivity index (χ0) is 15.7. The number of hydrogen-bond donors (Lipinski definition) is 2. The maximum Gasteiger partial charge on any atom is 0.280 e. The molecule has 0 spiro atoms. The number of nitro groups is 1. The van der Waals surface area contributed by atoms with E-state index in [1.54, 1.807) is 12.1 Å². The third kappa shape index (κ3) is 2.33. The molecule has 0 amide bonds. The van der Waals surface area contributed by atoms with E-state index in [-0.39, 0.29) is 16.8 Å². The zero-order valence-corrected chi connectivity index (χ0v) is 12.3. The SMILES string of the molecule is CNC(C)Nc1c2ccccc2nc2cccc([N+](=O)[O-])c12. The van der Waals surface area contributed by atoms with E-state index in [1.165, 1.54) is 6.07 Å². The summed E-state index contributed by atoms with van der Waals surface area (Å²) in [5.41, 5.74) is 2.20. The van der Waals surface area contributed by atoms with Gasteiger partial charge in [0.2, 0.25) is 0 Å². The van der Waals surface area contributed by atoms with Crippen LogP contribution in [-0.2, 0) is 0 Å². The molecule has 6 nitrogen and oxygen atoms in total. The van der Waals surface area contributed by atoms with Gasteiger partial charge in [-0.2, -0.15) is 0 Å². The lowest BCUT2D eigenvalue weighted by atomic mass is 10.1. The van der Waals surface area contributed by atoms with Crippen LogP contribution in [0.4, 0.5) is 11.4 Å². The number of anilines is 1. The van der Waals surface area contributed by atoms with Gasteiger partial charge in [0, 0.05) is 11.5 Å². The predicted octanol–water partition coefficient (Wildman–Crippen LogP) is 3.27. The van der Waals surface area contributed by atoms with Crippen molar-refractivity contribution in [1.82, 2.24) is 10.3 Å². The minimum absolute atomic E-state index is 0.0335. The average Bonchev–Trinajstić information content (AvgIpc) is 2.53. The molecule has 0 radical (unpaired) electrons. The van der Waals surface area contributed by atoms with E-state index >= 15 is 0 Å². The van der Waals surface area contributed by atoms with Gasteiger partial charge >= 0.3 is 0 Å². The highest BCUT2D eigenvalue weighted by Crippen LogP contribution is 2.36. The van der Waals surface area contributed by atoms with Crippen molar-refractivity contribution in [2.45, 2.75) is 13.1 Å². The lowest BCUT2D eigenvalue weighted by Crippen LogP contribution is -2.30. The van der Waals surface area contributed by atoms with Crippen LogP contribution in [0.3, 0.4) is 0 Å². The fraction of sp³-hybridized carbons (Fsp3) is 0.188. The summed E-state index contributed by atoms with van der Waals surface area (Å²) in [5.74, 6) is 0. The Morgan fingerprint density at radius 3 is 2.59 bits per heavy atom. The second kappa shape index (κ2) is 5.57. The van der Waals surface area contributed by atoms with Crippen molar-refractivity contribution >= 4 is 33.2 Å². The summed E-state index contributed by atoms with van der Waals surface area (Å²) in [6.45, 7) is 1.95. The van der Waals surface area contributed by atoms with Crippen LogP contribution in [-0.4, -0.2) is 23.1 Å². The Hall–Kier alpha value is -2.73. The number of fused-ring (bicyclic) bond motifs is 2. The first-order valence-electron chi connectivity index (χ1n) is 7.01. The van der Waals surface area contributed by atoms with Gasteiger partial charge in [-0.3, -0.25) is 10.1 Å². The van der Waals surface area contributed by atoms with Crippen LogP contribution in [0.15, 0.2) is 42.5 Å². The first-order chi connectivity index (χ1) is 10.6. The number of hydrogen-bond acceptors (Lipinski definition) is 5. The van der Waals surface area contributed by atoms with Gasteiger partial charge in [-0.1, -0.05) is 24.3 Å². The highest BCUT2D eigenvalue weighted by Gasteiger charge is 2.19. The third-order valence-electron chi connectivity index (χ3n) is 3.68. The van der Waals surface area contributed by atoms with E-state index < -0.39 is 0 Å². The van der Waals surface area contributed by atoms with Crippen LogP contribution in [0.2, 0.25) is 0 Å². The molecule has 3 rings (SSSR count). The summed E-state index contributed by atoms with van der Waals surface area (Å²) >= 11 is 0. The van der Waals surface area contributed by atoms with Crippen molar-refractivity contribution < 1.29 is 4.92 Å². The summed E-state index contributed by atoms with van der Waals surface area (Å²) in [5, 5.41) is 19.2. The van der Waals surface area contributed by atoms with E-state index in [0.29, 0.717) is 10.9 Å². The van der Waals surface area contributed by atoms with E-state index in [9.17, 15) is 10.1 Å². The quantitative estimate of drug-likeness (QED) is 0.334. The normalized spacial score (nSPS) is 12.5. The molecule has 1 unspecified atom stereocenters. The Morgan fingerprint density at radius 2 is 1.86 bits per heavy atom. The molecule has 1 atom stereocenters. The van der Waals surface area contributed by atoms with Gasteiger partial charge in [-0.25, -0.2) is 4.98 Å². The van der Waals surface area contributed by atoms with Gasteiger partial charge in [0.15, 0.2) is 0 Å². The lowest BCUT2D eigenvalue weighted by Gasteiger charge is -2.18. The second-order valence-corrected chi connectivity index (χ2v) is 5.09. The van der Waals surface area contributed by atoms with Crippen LogP contribution in [0.5, 0.6) is 0 Å².